The molecule has 28 heavy (non-hydrogen) atoms. The summed E-state index contributed by atoms with van der Waals surface area (Å²) < 4.78 is 10.9. The number of carbonyl (C=O) groups is 1. The first-order chi connectivity index (χ1) is 13.1. The zero-order valence-corrected chi connectivity index (χ0v) is 18.9. The van der Waals surface area contributed by atoms with Crippen molar-refractivity contribution in [2.24, 2.45) is 10.9 Å². The van der Waals surface area contributed by atoms with Gasteiger partial charge in [0.05, 0.1) is 19.2 Å². The number of benzene rings is 1. The Bertz CT molecular complexity index is 771. The van der Waals surface area contributed by atoms with Crippen molar-refractivity contribution < 1.29 is 13.9 Å². The SMILES string of the molecule is CCOC(=O)NC(CNC(=NC)N(C)Cc1cc2ccccc2o1)C1CC1.I. The highest BCUT2D eigenvalue weighted by atomic mass is 127. The molecule has 0 spiro atoms. The fraction of sp³-hybridized carbons (Fsp3) is 0.500. The van der Waals surface area contributed by atoms with Crippen molar-refractivity contribution in [2.75, 3.05) is 27.2 Å². The number of halogens is 1. The van der Waals surface area contributed by atoms with E-state index in [0.29, 0.717) is 25.6 Å². The van der Waals surface area contributed by atoms with Crippen LogP contribution in [0.3, 0.4) is 0 Å². The summed E-state index contributed by atoms with van der Waals surface area (Å²) in [5.41, 5.74) is 0.885. The van der Waals surface area contributed by atoms with Gasteiger partial charge in [-0.05, 0) is 37.8 Å². The summed E-state index contributed by atoms with van der Waals surface area (Å²) >= 11 is 0. The van der Waals surface area contributed by atoms with E-state index in [1.165, 1.54) is 0 Å². The number of para-hydroxylation sites is 1. The molecule has 3 rings (SSSR count). The van der Waals surface area contributed by atoms with Gasteiger partial charge in [-0.3, -0.25) is 4.99 Å². The molecule has 1 aliphatic rings. The zero-order valence-electron chi connectivity index (χ0n) is 16.6. The lowest BCUT2D eigenvalue weighted by molar-refractivity contribution is 0.146. The molecule has 1 aromatic carbocycles. The van der Waals surface area contributed by atoms with Crippen molar-refractivity contribution in [2.45, 2.75) is 32.4 Å². The Balaban J connectivity index is 0.00000280. The Kier molecular flexibility index (Phi) is 8.40. The second kappa shape index (κ2) is 10.5. The van der Waals surface area contributed by atoms with Crippen molar-refractivity contribution in [3.05, 3.63) is 36.1 Å². The second-order valence-electron chi connectivity index (χ2n) is 6.84. The van der Waals surface area contributed by atoms with Gasteiger partial charge in [0.1, 0.15) is 11.3 Å². The fourth-order valence-electron chi connectivity index (χ4n) is 3.17. The van der Waals surface area contributed by atoms with Gasteiger partial charge >= 0.3 is 6.09 Å². The summed E-state index contributed by atoms with van der Waals surface area (Å²) in [6.07, 6.45) is 1.90. The van der Waals surface area contributed by atoms with Crippen molar-refractivity contribution in [3.63, 3.8) is 0 Å². The average Bonchev–Trinajstić information content (AvgIpc) is 3.41. The van der Waals surface area contributed by atoms with Crippen LogP contribution in [0.2, 0.25) is 0 Å². The van der Waals surface area contributed by atoms with E-state index in [0.717, 1.165) is 35.5 Å². The first-order valence-electron chi connectivity index (χ1n) is 9.43. The number of alkyl carbamates (subject to hydrolysis) is 1. The summed E-state index contributed by atoms with van der Waals surface area (Å²) in [6, 6.07) is 10.1. The van der Waals surface area contributed by atoms with E-state index in [1.54, 1.807) is 14.0 Å². The number of fused-ring (bicyclic) bond motifs is 1. The number of rotatable bonds is 7. The largest absolute Gasteiger partial charge is 0.459 e. The van der Waals surface area contributed by atoms with Crippen LogP contribution in [0.5, 0.6) is 0 Å². The lowest BCUT2D eigenvalue weighted by Gasteiger charge is -2.24. The molecule has 1 unspecified atom stereocenters. The number of carbonyl (C=O) groups excluding carboxylic acids is 1. The molecular formula is C20H29IN4O3. The van der Waals surface area contributed by atoms with Gasteiger partial charge in [0.2, 0.25) is 0 Å². The normalized spacial score (nSPS) is 14.9. The van der Waals surface area contributed by atoms with Crippen LogP contribution in [0.25, 0.3) is 11.0 Å². The minimum atomic E-state index is -0.359. The standard InChI is InChI=1S/C20H28N4O3.HI/c1-4-26-20(25)23-17(14-9-10-14)12-22-19(21-2)24(3)13-16-11-15-7-5-6-8-18(15)27-16;/h5-8,11,14,17H,4,9-10,12-13H2,1-3H3,(H,21,22)(H,23,25);1H. The molecule has 154 valence electrons. The lowest BCUT2D eigenvalue weighted by Crippen LogP contribution is -2.48. The van der Waals surface area contributed by atoms with Gasteiger partial charge in [0, 0.05) is 26.0 Å². The Morgan fingerprint density at radius 1 is 1.39 bits per heavy atom. The van der Waals surface area contributed by atoms with E-state index in [1.807, 2.05) is 36.2 Å². The molecule has 0 radical (unpaired) electrons. The van der Waals surface area contributed by atoms with Crippen LogP contribution in [0.4, 0.5) is 4.79 Å². The number of hydrogen-bond acceptors (Lipinski definition) is 4. The average molecular weight is 500 g/mol. The molecular weight excluding hydrogens is 471 g/mol. The Hall–Kier alpha value is -1.97. The van der Waals surface area contributed by atoms with Crippen LogP contribution >= 0.6 is 24.0 Å². The highest BCUT2D eigenvalue weighted by Crippen LogP contribution is 2.32. The predicted molar refractivity (Wildman–Crippen MR) is 121 cm³/mol. The molecule has 0 bridgehead atoms. The highest BCUT2D eigenvalue weighted by molar-refractivity contribution is 14.0. The molecule has 1 aliphatic carbocycles. The summed E-state index contributed by atoms with van der Waals surface area (Å²) in [5, 5.41) is 7.40. The number of aliphatic imine (C=N–C) groups is 1. The number of furan rings is 1. The summed E-state index contributed by atoms with van der Waals surface area (Å²) in [4.78, 5) is 18.1. The van der Waals surface area contributed by atoms with Gasteiger partial charge in [-0.2, -0.15) is 0 Å². The van der Waals surface area contributed by atoms with E-state index >= 15 is 0 Å². The van der Waals surface area contributed by atoms with Crippen molar-refractivity contribution in [1.82, 2.24) is 15.5 Å². The third-order valence-electron chi connectivity index (χ3n) is 4.69. The van der Waals surface area contributed by atoms with Gasteiger partial charge in [-0.15, -0.1) is 24.0 Å². The zero-order chi connectivity index (χ0) is 19.2. The molecule has 1 heterocycles. The van der Waals surface area contributed by atoms with Crippen LogP contribution < -0.4 is 10.6 Å². The topological polar surface area (TPSA) is 79.1 Å². The minimum Gasteiger partial charge on any atom is -0.459 e. The van der Waals surface area contributed by atoms with Crippen LogP contribution in [-0.2, 0) is 11.3 Å². The summed E-state index contributed by atoms with van der Waals surface area (Å²) in [7, 11) is 3.72. The van der Waals surface area contributed by atoms with Crippen LogP contribution in [0.1, 0.15) is 25.5 Å². The van der Waals surface area contributed by atoms with Crippen molar-refractivity contribution >= 4 is 47.0 Å². The first kappa shape index (κ1) is 22.3. The maximum Gasteiger partial charge on any atom is 0.407 e. The molecule has 1 amide bonds. The molecule has 1 saturated carbocycles. The first-order valence-corrected chi connectivity index (χ1v) is 9.43. The third-order valence-corrected chi connectivity index (χ3v) is 4.69. The van der Waals surface area contributed by atoms with Crippen LogP contribution in [-0.4, -0.2) is 50.2 Å². The maximum atomic E-state index is 11.7. The number of amides is 1. The molecule has 1 aromatic heterocycles. The Labute approximate surface area is 182 Å². The number of hydrogen-bond donors (Lipinski definition) is 2. The number of ether oxygens (including phenoxy) is 1. The van der Waals surface area contributed by atoms with E-state index in [-0.39, 0.29) is 36.1 Å². The highest BCUT2D eigenvalue weighted by Gasteiger charge is 2.32. The molecule has 2 aromatic rings. The number of guanidine groups is 1. The summed E-state index contributed by atoms with van der Waals surface area (Å²) in [6.45, 7) is 3.39. The Morgan fingerprint density at radius 2 is 2.14 bits per heavy atom. The number of nitrogens with one attached hydrogen (secondary N) is 2. The molecule has 8 heteroatoms. The van der Waals surface area contributed by atoms with Gasteiger partial charge in [0.25, 0.3) is 0 Å². The second-order valence-corrected chi connectivity index (χ2v) is 6.84. The van der Waals surface area contributed by atoms with E-state index in [9.17, 15) is 4.79 Å². The number of nitrogens with zero attached hydrogens (tertiary/aromatic N) is 2. The summed E-state index contributed by atoms with van der Waals surface area (Å²) in [5.74, 6) is 2.14. The lowest BCUT2D eigenvalue weighted by atomic mass is 10.2. The van der Waals surface area contributed by atoms with Crippen molar-refractivity contribution in [3.8, 4) is 0 Å². The molecule has 0 aliphatic heterocycles. The molecule has 1 fully saturated rings. The monoisotopic (exact) mass is 500 g/mol. The fourth-order valence-corrected chi connectivity index (χ4v) is 3.17. The molecule has 7 nitrogen and oxygen atoms in total. The predicted octanol–water partition coefficient (Wildman–Crippen LogP) is 3.58. The minimum absolute atomic E-state index is 0. The van der Waals surface area contributed by atoms with Crippen LogP contribution in [0.15, 0.2) is 39.7 Å². The smallest absolute Gasteiger partial charge is 0.407 e. The van der Waals surface area contributed by atoms with Gasteiger partial charge in [-0.1, -0.05) is 18.2 Å². The third kappa shape index (κ3) is 6.02. The van der Waals surface area contributed by atoms with E-state index in [2.05, 4.69) is 21.7 Å². The van der Waals surface area contributed by atoms with Gasteiger partial charge in [-0.25, -0.2) is 4.79 Å². The molecule has 0 saturated heterocycles. The van der Waals surface area contributed by atoms with Gasteiger partial charge in [0.15, 0.2) is 5.96 Å². The van der Waals surface area contributed by atoms with Crippen LogP contribution in [0, 0.1) is 5.92 Å². The van der Waals surface area contributed by atoms with E-state index in [4.69, 9.17) is 9.15 Å². The quantitative estimate of drug-likeness (QED) is 0.345. The van der Waals surface area contributed by atoms with E-state index < -0.39 is 0 Å². The Morgan fingerprint density at radius 3 is 2.79 bits per heavy atom. The maximum absolute atomic E-state index is 11.7. The molecule has 1 atom stereocenters. The van der Waals surface area contributed by atoms with Gasteiger partial charge < -0.3 is 24.7 Å². The molecule has 2 N–H and O–H groups in total. The van der Waals surface area contributed by atoms with Crippen molar-refractivity contribution in [1.29, 1.82) is 0 Å².